The van der Waals surface area contributed by atoms with Gasteiger partial charge in [0.1, 0.15) is 0 Å². The summed E-state index contributed by atoms with van der Waals surface area (Å²) in [6.07, 6.45) is 3.12. The van der Waals surface area contributed by atoms with Gasteiger partial charge in [0.25, 0.3) is 0 Å². The van der Waals surface area contributed by atoms with E-state index in [1.807, 2.05) is 55.2 Å². The van der Waals surface area contributed by atoms with Crippen molar-refractivity contribution in [2.45, 2.75) is 32.7 Å². The van der Waals surface area contributed by atoms with Crippen molar-refractivity contribution in [3.8, 4) is 11.3 Å². The van der Waals surface area contributed by atoms with Crippen molar-refractivity contribution in [1.29, 1.82) is 0 Å². The van der Waals surface area contributed by atoms with Crippen LogP contribution < -0.4 is 5.32 Å². The Bertz CT molecular complexity index is 866. The summed E-state index contributed by atoms with van der Waals surface area (Å²) in [5.74, 6) is 0.0556. The molecule has 3 rings (SSSR count). The Morgan fingerprint density at radius 2 is 1.81 bits per heavy atom. The summed E-state index contributed by atoms with van der Waals surface area (Å²) in [5.41, 5.74) is 5.47. The molecule has 0 saturated carbocycles. The summed E-state index contributed by atoms with van der Waals surface area (Å²) in [4.78, 5) is 12.4. The van der Waals surface area contributed by atoms with Gasteiger partial charge < -0.3 is 5.32 Å². The Morgan fingerprint density at radius 1 is 1.12 bits per heavy atom. The molecule has 134 valence electrons. The average Bonchev–Trinajstić information content (AvgIpc) is 3.02. The van der Waals surface area contributed by atoms with Gasteiger partial charge in [0.05, 0.1) is 11.7 Å². The molecule has 0 bridgehead atoms. The zero-order valence-corrected chi connectivity index (χ0v) is 15.6. The largest absolute Gasteiger partial charge is 0.350 e. The first-order valence-corrected chi connectivity index (χ1v) is 8.97. The molecule has 26 heavy (non-hydrogen) atoms. The second kappa shape index (κ2) is 8.00. The first-order chi connectivity index (χ1) is 12.5. The lowest BCUT2D eigenvalue weighted by Crippen LogP contribution is -2.26. The van der Waals surface area contributed by atoms with Crippen molar-refractivity contribution in [3.63, 3.8) is 0 Å². The van der Waals surface area contributed by atoms with Crippen LogP contribution in [0.5, 0.6) is 0 Å². The fourth-order valence-corrected chi connectivity index (χ4v) is 3.06. The predicted molar refractivity (Wildman–Crippen MR) is 105 cm³/mol. The van der Waals surface area contributed by atoms with Crippen LogP contribution in [0.25, 0.3) is 11.3 Å². The first kappa shape index (κ1) is 17.9. The summed E-state index contributed by atoms with van der Waals surface area (Å²) < 4.78 is 1.81. The van der Waals surface area contributed by atoms with E-state index in [9.17, 15) is 4.79 Å². The number of hydrogen-bond acceptors (Lipinski definition) is 2. The number of nitrogens with zero attached hydrogens (tertiary/aromatic N) is 2. The van der Waals surface area contributed by atoms with E-state index in [4.69, 9.17) is 0 Å². The van der Waals surface area contributed by atoms with Crippen LogP contribution in [0.2, 0.25) is 0 Å². The lowest BCUT2D eigenvalue weighted by molar-refractivity contribution is -0.121. The molecule has 1 N–H and O–H groups in total. The number of carbonyl (C=O) groups is 1. The number of carbonyl (C=O) groups excluding carboxylic acids is 1. The van der Waals surface area contributed by atoms with Gasteiger partial charge >= 0.3 is 0 Å². The number of rotatable bonds is 6. The van der Waals surface area contributed by atoms with E-state index in [0.29, 0.717) is 12.8 Å². The topological polar surface area (TPSA) is 46.9 Å². The number of aryl methyl sites for hydroxylation is 3. The molecule has 1 atom stereocenters. The van der Waals surface area contributed by atoms with E-state index >= 15 is 0 Å². The molecule has 3 aromatic rings. The molecule has 0 fully saturated rings. The van der Waals surface area contributed by atoms with Crippen molar-refractivity contribution < 1.29 is 4.79 Å². The van der Waals surface area contributed by atoms with E-state index in [-0.39, 0.29) is 11.9 Å². The van der Waals surface area contributed by atoms with Crippen molar-refractivity contribution in [2.75, 3.05) is 0 Å². The highest BCUT2D eigenvalue weighted by Gasteiger charge is 2.13. The van der Waals surface area contributed by atoms with Crippen LogP contribution in [0.15, 0.2) is 60.8 Å². The van der Waals surface area contributed by atoms with Gasteiger partial charge in [0.2, 0.25) is 5.91 Å². The number of hydrogen-bond donors (Lipinski definition) is 1. The molecule has 0 saturated heterocycles. The quantitative estimate of drug-likeness (QED) is 0.726. The highest BCUT2D eigenvalue weighted by molar-refractivity contribution is 5.77. The predicted octanol–water partition coefficient (Wildman–Crippen LogP) is 4.21. The van der Waals surface area contributed by atoms with Gasteiger partial charge in [-0.3, -0.25) is 9.48 Å². The monoisotopic (exact) mass is 347 g/mol. The molecule has 4 heteroatoms. The van der Waals surface area contributed by atoms with E-state index in [1.54, 1.807) is 0 Å². The Labute approximate surface area is 154 Å². The van der Waals surface area contributed by atoms with Crippen molar-refractivity contribution >= 4 is 5.91 Å². The van der Waals surface area contributed by atoms with Crippen LogP contribution in [0.1, 0.15) is 36.1 Å². The summed E-state index contributed by atoms with van der Waals surface area (Å²) in [5, 5.41) is 7.66. The third-order valence-electron chi connectivity index (χ3n) is 4.53. The normalized spacial score (nSPS) is 12.0. The lowest BCUT2D eigenvalue weighted by Gasteiger charge is -2.14. The van der Waals surface area contributed by atoms with Gasteiger partial charge in [-0.25, -0.2) is 0 Å². The fraction of sp³-hybridized carbons (Fsp3) is 0.273. The molecule has 0 radical (unpaired) electrons. The Balaban J connectivity index is 1.64. The highest BCUT2D eigenvalue weighted by Crippen LogP contribution is 2.23. The second-order valence-corrected chi connectivity index (χ2v) is 6.74. The fourth-order valence-electron chi connectivity index (χ4n) is 3.06. The number of amides is 1. The summed E-state index contributed by atoms with van der Waals surface area (Å²) >= 11 is 0. The third-order valence-corrected chi connectivity index (χ3v) is 4.53. The van der Waals surface area contributed by atoms with Crippen LogP contribution in [-0.4, -0.2) is 15.7 Å². The average molecular weight is 347 g/mol. The van der Waals surface area contributed by atoms with E-state index in [0.717, 1.165) is 22.4 Å². The molecule has 2 aromatic carbocycles. The van der Waals surface area contributed by atoms with Gasteiger partial charge in [-0.15, -0.1) is 0 Å². The van der Waals surface area contributed by atoms with Crippen LogP contribution >= 0.6 is 0 Å². The van der Waals surface area contributed by atoms with Gasteiger partial charge in [0.15, 0.2) is 0 Å². The molecule has 1 aromatic heterocycles. The molecular weight excluding hydrogens is 322 g/mol. The van der Waals surface area contributed by atoms with Gasteiger partial charge in [-0.1, -0.05) is 60.2 Å². The number of benzene rings is 2. The summed E-state index contributed by atoms with van der Waals surface area (Å²) in [7, 11) is 1.92. The SMILES string of the molecule is Cc1ccc(-c2nn(C)cc2CCC(=O)N[C@H](C)c2ccccc2)cc1. The molecule has 0 aliphatic rings. The zero-order valence-electron chi connectivity index (χ0n) is 15.6. The maximum atomic E-state index is 12.4. The van der Waals surface area contributed by atoms with E-state index in [2.05, 4.69) is 41.6 Å². The van der Waals surface area contributed by atoms with Crippen LogP contribution in [0.3, 0.4) is 0 Å². The highest BCUT2D eigenvalue weighted by atomic mass is 16.1. The van der Waals surface area contributed by atoms with Crippen LogP contribution in [0.4, 0.5) is 0 Å². The third kappa shape index (κ3) is 4.39. The Morgan fingerprint density at radius 3 is 2.50 bits per heavy atom. The molecule has 4 nitrogen and oxygen atoms in total. The number of nitrogens with one attached hydrogen (secondary N) is 1. The van der Waals surface area contributed by atoms with Crippen LogP contribution in [-0.2, 0) is 18.3 Å². The summed E-state index contributed by atoms with van der Waals surface area (Å²) in [6, 6.07) is 18.4. The molecular formula is C22H25N3O. The van der Waals surface area contributed by atoms with E-state index in [1.165, 1.54) is 5.56 Å². The maximum Gasteiger partial charge on any atom is 0.220 e. The second-order valence-electron chi connectivity index (χ2n) is 6.74. The minimum atomic E-state index is 0.00849. The minimum absolute atomic E-state index is 0.00849. The molecule has 1 heterocycles. The molecule has 0 spiro atoms. The maximum absolute atomic E-state index is 12.4. The van der Waals surface area contributed by atoms with Crippen LogP contribution in [0, 0.1) is 6.92 Å². The first-order valence-electron chi connectivity index (χ1n) is 8.97. The Kier molecular flexibility index (Phi) is 5.52. The molecule has 0 aliphatic heterocycles. The van der Waals surface area contributed by atoms with E-state index < -0.39 is 0 Å². The standard InChI is InChI=1S/C22H25N3O/c1-16-9-11-19(12-10-16)22-20(15-25(3)24-22)13-14-21(26)23-17(2)18-7-5-4-6-8-18/h4-12,15,17H,13-14H2,1-3H3,(H,23,26)/t17-/m1/s1. The van der Waals surface area contributed by atoms with Gasteiger partial charge in [-0.2, -0.15) is 5.10 Å². The molecule has 1 amide bonds. The van der Waals surface area contributed by atoms with Crippen molar-refractivity contribution in [2.24, 2.45) is 7.05 Å². The molecule has 0 unspecified atom stereocenters. The van der Waals surface area contributed by atoms with Crippen molar-refractivity contribution in [1.82, 2.24) is 15.1 Å². The Hall–Kier alpha value is -2.88. The van der Waals surface area contributed by atoms with Gasteiger partial charge in [-0.05, 0) is 31.4 Å². The van der Waals surface area contributed by atoms with Gasteiger partial charge in [0, 0.05) is 25.2 Å². The minimum Gasteiger partial charge on any atom is -0.350 e. The lowest BCUT2D eigenvalue weighted by atomic mass is 10.0. The number of aromatic nitrogens is 2. The van der Waals surface area contributed by atoms with Crippen molar-refractivity contribution in [3.05, 3.63) is 77.5 Å². The zero-order chi connectivity index (χ0) is 18.5. The molecule has 0 aliphatic carbocycles. The smallest absolute Gasteiger partial charge is 0.220 e. The summed E-state index contributed by atoms with van der Waals surface area (Å²) in [6.45, 7) is 4.08.